The molecule has 0 bridgehead atoms. The van der Waals surface area contributed by atoms with Gasteiger partial charge in [0.2, 0.25) is 0 Å². The number of hydrogen-bond acceptors (Lipinski definition) is 4. The van der Waals surface area contributed by atoms with Crippen LogP contribution in [-0.4, -0.2) is 30.4 Å². The number of benzene rings is 2. The Balaban J connectivity index is 1.89. The summed E-state index contributed by atoms with van der Waals surface area (Å²) >= 11 is 0. The average molecular weight is 386 g/mol. The lowest BCUT2D eigenvalue weighted by Gasteiger charge is -2.17. The Morgan fingerprint density at radius 2 is 1.68 bits per heavy atom. The molecular formula is C21H23FN2O4. The summed E-state index contributed by atoms with van der Waals surface area (Å²) in [4.78, 5) is 36.1. The minimum absolute atomic E-state index is 0.175. The van der Waals surface area contributed by atoms with Crippen LogP contribution in [0.2, 0.25) is 0 Å². The molecular weight excluding hydrogens is 363 g/mol. The number of amides is 2. The molecule has 2 aromatic carbocycles. The highest BCUT2D eigenvalue weighted by atomic mass is 19.1. The van der Waals surface area contributed by atoms with E-state index in [1.54, 1.807) is 0 Å². The summed E-state index contributed by atoms with van der Waals surface area (Å²) in [5, 5.41) is 5.03. The number of ether oxygens (including phenoxy) is 1. The van der Waals surface area contributed by atoms with Gasteiger partial charge >= 0.3 is 5.97 Å². The lowest BCUT2D eigenvalue weighted by atomic mass is 10.0. The van der Waals surface area contributed by atoms with Crippen LogP contribution < -0.4 is 10.6 Å². The minimum atomic E-state index is -1.06. The number of rotatable bonds is 6. The second kappa shape index (κ2) is 9.12. The number of nitrogens with one attached hydrogen (secondary N) is 2. The van der Waals surface area contributed by atoms with Crippen LogP contribution in [0.3, 0.4) is 0 Å². The van der Waals surface area contributed by atoms with Crippen LogP contribution in [-0.2, 0) is 14.3 Å². The molecule has 0 aliphatic rings. The van der Waals surface area contributed by atoms with Crippen LogP contribution in [0.1, 0.15) is 34.0 Å². The van der Waals surface area contributed by atoms with Gasteiger partial charge in [-0.25, -0.2) is 4.39 Å². The molecule has 2 aromatic rings. The highest BCUT2D eigenvalue weighted by Gasteiger charge is 2.20. The molecule has 148 valence electrons. The predicted molar refractivity (Wildman–Crippen MR) is 104 cm³/mol. The van der Waals surface area contributed by atoms with Gasteiger partial charge in [0.05, 0.1) is 5.56 Å². The third-order valence-corrected chi connectivity index (χ3v) is 4.11. The summed E-state index contributed by atoms with van der Waals surface area (Å²) in [6.07, 6.45) is -1.06. The van der Waals surface area contributed by atoms with Crippen molar-refractivity contribution in [1.29, 1.82) is 0 Å². The Labute approximate surface area is 163 Å². The van der Waals surface area contributed by atoms with E-state index in [1.807, 2.05) is 32.9 Å². The maximum Gasteiger partial charge on any atom is 0.326 e. The Kier molecular flexibility index (Phi) is 6.87. The van der Waals surface area contributed by atoms with Crippen molar-refractivity contribution in [2.75, 3.05) is 11.9 Å². The number of carbonyl (C=O) groups excluding carboxylic acids is 3. The molecule has 2 N–H and O–H groups in total. The second-order valence-corrected chi connectivity index (χ2v) is 6.56. The number of anilines is 1. The first-order valence-corrected chi connectivity index (χ1v) is 8.80. The molecule has 7 heteroatoms. The van der Waals surface area contributed by atoms with Crippen molar-refractivity contribution >= 4 is 23.5 Å². The summed E-state index contributed by atoms with van der Waals surface area (Å²) in [6, 6.07) is 9.30. The van der Waals surface area contributed by atoms with Gasteiger partial charge in [-0.15, -0.1) is 0 Å². The number of esters is 1. The molecule has 2 amide bonds. The van der Waals surface area contributed by atoms with Crippen LogP contribution in [0.15, 0.2) is 36.4 Å². The number of aryl methyl sites for hydroxylation is 3. The third-order valence-electron chi connectivity index (χ3n) is 4.11. The minimum Gasteiger partial charge on any atom is -0.451 e. The van der Waals surface area contributed by atoms with Crippen molar-refractivity contribution in [3.05, 3.63) is 64.5 Å². The molecule has 28 heavy (non-hydrogen) atoms. The molecule has 0 aliphatic heterocycles. The van der Waals surface area contributed by atoms with Gasteiger partial charge in [-0.2, -0.15) is 0 Å². The first kappa shape index (κ1) is 21.1. The van der Waals surface area contributed by atoms with Gasteiger partial charge in [-0.05, 0) is 51.0 Å². The van der Waals surface area contributed by atoms with E-state index < -0.39 is 36.2 Å². The molecule has 0 fully saturated rings. The van der Waals surface area contributed by atoms with E-state index in [9.17, 15) is 18.8 Å². The fourth-order valence-electron chi connectivity index (χ4n) is 2.79. The molecule has 1 atom stereocenters. The summed E-state index contributed by atoms with van der Waals surface area (Å²) in [7, 11) is 0. The van der Waals surface area contributed by atoms with Crippen LogP contribution >= 0.6 is 0 Å². The number of hydrogen-bond donors (Lipinski definition) is 2. The van der Waals surface area contributed by atoms with Gasteiger partial charge in [0, 0.05) is 5.69 Å². The van der Waals surface area contributed by atoms with Crippen LogP contribution in [0.4, 0.5) is 10.1 Å². The molecule has 0 aromatic heterocycles. The van der Waals surface area contributed by atoms with Gasteiger partial charge in [0.25, 0.3) is 11.8 Å². The molecule has 0 spiro atoms. The normalized spacial score (nSPS) is 11.5. The average Bonchev–Trinajstić information content (AvgIpc) is 2.62. The van der Waals surface area contributed by atoms with Crippen molar-refractivity contribution in [2.45, 2.75) is 33.8 Å². The van der Waals surface area contributed by atoms with E-state index in [0.29, 0.717) is 5.69 Å². The zero-order chi connectivity index (χ0) is 20.8. The summed E-state index contributed by atoms with van der Waals surface area (Å²) in [5.41, 5.74) is 3.39. The molecule has 6 nitrogen and oxygen atoms in total. The number of carbonyl (C=O) groups is 3. The molecule has 0 radical (unpaired) electrons. The van der Waals surface area contributed by atoms with E-state index in [4.69, 9.17) is 4.74 Å². The van der Waals surface area contributed by atoms with Crippen molar-refractivity contribution in [2.24, 2.45) is 0 Å². The predicted octanol–water partition coefficient (Wildman–Crippen LogP) is 3.05. The van der Waals surface area contributed by atoms with Crippen LogP contribution in [0.25, 0.3) is 0 Å². The lowest BCUT2D eigenvalue weighted by Crippen LogP contribution is -2.36. The molecule has 0 aliphatic carbocycles. The van der Waals surface area contributed by atoms with Crippen molar-refractivity contribution in [3.63, 3.8) is 0 Å². The first-order valence-electron chi connectivity index (χ1n) is 8.80. The Hall–Kier alpha value is -3.22. The van der Waals surface area contributed by atoms with E-state index in [1.165, 1.54) is 25.1 Å². The van der Waals surface area contributed by atoms with Gasteiger partial charge < -0.3 is 15.4 Å². The Morgan fingerprint density at radius 3 is 2.29 bits per heavy atom. The van der Waals surface area contributed by atoms with Crippen molar-refractivity contribution in [3.8, 4) is 0 Å². The third kappa shape index (κ3) is 5.39. The molecule has 0 saturated carbocycles. The Bertz CT molecular complexity index is 888. The van der Waals surface area contributed by atoms with Crippen molar-refractivity contribution < 1.29 is 23.5 Å². The van der Waals surface area contributed by atoms with Crippen LogP contribution in [0.5, 0.6) is 0 Å². The van der Waals surface area contributed by atoms with E-state index in [2.05, 4.69) is 10.6 Å². The lowest BCUT2D eigenvalue weighted by molar-refractivity contribution is -0.152. The zero-order valence-corrected chi connectivity index (χ0v) is 16.3. The fourth-order valence-corrected chi connectivity index (χ4v) is 2.79. The SMILES string of the molecule is Cc1cc(C)c(NC(=O)[C@@H](C)OC(=O)CNC(=O)c2ccccc2F)c(C)c1. The number of halogens is 1. The summed E-state index contributed by atoms with van der Waals surface area (Å²) < 4.78 is 18.6. The van der Waals surface area contributed by atoms with Crippen LogP contribution in [0, 0.1) is 26.6 Å². The Morgan fingerprint density at radius 1 is 1.07 bits per heavy atom. The maximum atomic E-state index is 13.5. The van der Waals surface area contributed by atoms with Gasteiger partial charge in [0.1, 0.15) is 12.4 Å². The molecule has 2 rings (SSSR count). The largest absolute Gasteiger partial charge is 0.451 e. The summed E-state index contributed by atoms with van der Waals surface area (Å²) in [5.74, 6) is -2.71. The smallest absolute Gasteiger partial charge is 0.326 e. The standard InChI is InChI=1S/C21H23FN2O4/c1-12-9-13(2)19(14(3)10-12)24-20(26)15(4)28-18(25)11-23-21(27)16-7-5-6-8-17(16)22/h5-10,15H,11H2,1-4H3,(H,23,27)(H,24,26)/t15-/m1/s1. The van der Waals surface area contributed by atoms with Gasteiger partial charge in [0.15, 0.2) is 6.10 Å². The highest BCUT2D eigenvalue weighted by Crippen LogP contribution is 2.22. The van der Waals surface area contributed by atoms with Gasteiger partial charge in [-0.3, -0.25) is 14.4 Å². The monoisotopic (exact) mass is 386 g/mol. The quantitative estimate of drug-likeness (QED) is 0.748. The molecule has 0 unspecified atom stereocenters. The van der Waals surface area contributed by atoms with Crippen molar-refractivity contribution in [1.82, 2.24) is 5.32 Å². The fraction of sp³-hybridized carbons (Fsp3) is 0.286. The summed E-state index contributed by atoms with van der Waals surface area (Å²) in [6.45, 7) is 6.68. The highest BCUT2D eigenvalue weighted by molar-refractivity contribution is 5.98. The first-order chi connectivity index (χ1) is 13.2. The van der Waals surface area contributed by atoms with Gasteiger partial charge in [-0.1, -0.05) is 29.8 Å². The second-order valence-electron chi connectivity index (χ2n) is 6.56. The van der Waals surface area contributed by atoms with E-state index in [-0.39, 0.29) is 5.56 Å². The topological polar surface area (TPSA) is 84.5 Å². The maximum absolute atomic E-state index is 13.5. The van der Waals surface area contributed by atoms with E-state index in [0.717, 1.165) is 22.8 Å². The van der Waals surface area contributed by atoms with E-state index >= 15 is 0 Å². The molecule has 0 saturated heterocycles. The zero-order valence-electron chi connectivity index (χ0n) is 16.3. The molecule has 0 heterocycles.